The molecule has 176 valence electrons. The van der Waals surface area contributed by atoms with E-state index in [1.807, 2.05) is 13.8 Å². The third kappa shape index (κ3) is 3.77. The molecular weight excluding hydrogens is 428 g/mol. The van der Waals surface area contributed by atoms with Crippen LogP contribution in [0, 0.1) is 12.8 Å². The van der Waals surface area contributed by atoms with E-state index in [2.05, 4.69) is 10.6 Å². The first-order valence-electron chi connectivity index (χ1n) is 10.6. The smallest absolute Gasteiger partial charge is 0.239 e. The van der Waals surface area contributed by atoms with Crippen molar-refractivity contribution in [3.8, 4) is 17.2 Å². The molecule has 1 atom stereocenters. The molecule has 33 heavy (non-hydrogen) atoms. The number of ketones is 3. The van der Waals surface area contributed by atoms with Crippen molar-refractivity contribution in [2.45, 2.75) is 47.0 Å². The Balaban J connectivity index is 2.06. The number of hydrogen-bond acceptors (Lipinski definition) is 8. The molecule has 0 unspecified atom stereocenters. The number of hydrogen-bond donors (Lipinski definition) is 4. The van der Waals surface area contributed by atoms with Gasteiger partial charge in [-0.15, -0.1) is 0 Å². The Kier molecular flexibility index (Phi) is 6.10. The van der Waals surface area contributed by atoms with Gasteiger partial charge in [0.1, 0.15) is 34.0 Å². The summed E-state index contributed by atoms with van der Waals surface area (Å²) in [4.78, 5) is 50.7. The van der Waals surface area contributed by atoms with Crippen LogP contribution in [0.15, 0.2) is 23.1 Å². The lowest BCUT2D eigenvalue weighted by atomic mass is 9.70. The molecule has 1 aliphatic carbocycles. The number of phenolic OH excluding ortho intramolecular Hbond substituents is 2. The molecule has 2 aliphatic rings. The lowest BCUT2D eigenvalue weighted by Crippen LogP contribution is -2.42. The molecule has 0 saturated carbocycles. The fraction of sp³-hybridized carbons (Fsp3) is 0.417. The lowest BCUT2D eigenvalue weighted by molar-refractivity contribution is -0.124. The van der Waals surface area contributed by atoms with Crippen LogP contribution >= 0.6 is 0 Å². The van der Waals surface area contributed by atoms with Gasteiger partial charge >= 0.3 is 0 Å². The number of Topliss-reactive ketones (excluding diaryl/α,β-unsaturated/α-hetero) is 2. The quantitative estimate of drug-likeness (QED) is 0.289. The van der Waals surface area contributed by atoms with Gasteiger partial charge in [0, 0.05) is 23.9 Å². The standard InChI is InChI=1S/C24H28N2O7/c1-10(2)8-26-16(29)9-25-12(4)17-14(28)7-15-24(6,23(17)32)19-21(31)11(3)20(30)18(13(5)27)22(19)33-15/h7,10,25,30-31H,8-9H2,1-6H3,(H,26,29)/b17-12+/t24-/m0/s1. The molecule has 1 aromatic carbocycles. The Bertz CT molecular complexity index is 1160. The highest BCUT2D eigenvalue weighted by atomic mass is 16.5. The average molecular weight is 456 g/mol. The van der Waals surface area contributed by atoms with Crippen LogP contribution < -0.4 is 15.4 Å². The minimum atomic E-state index is -1.59. The molecule has 0 spiro atoms. The van der Waals surface area contributed by atoms with Gasteiger partial charge in [0.05, 0.1) is 17.7 Å². The third-order valence-corrected chi connectivity index (χ3v) is 5.98. The number of carbonyl (C=O) groups is 4. The molecule has 1 aromatic rings. The van der Waals surface area contributed by atoms with Crippen molar-refractivity contribution in [2.24, 2.45) is 5.92 Å². The molecule has 0 radical (unpaired) electrons. The minimum Gasteiger partial charge on any atom is -0.507 e. The molecule has 3 rings (SSSR count). The first-order chi connectivity index (χ1) is 15.3. The van der Waals surface area contributed by atoms with Gasteiger partial charge in [0.15, 0.2) is 17.3 Å². The molecule has 4 N–H and O–H groups in total. The molecule has 1 heterocycles. The number of ether oxygens (including phenoxy) is 1. The number of fused-ring (bicyclic) bond motifs is 3. The van der Waals surface area contributed by atoms with Crippen LogP contribution in [0.5, 0.6) is 17.2 Å². The van der Waals surface area contributed by atoms with Crippen LogP contribution in [0.25, 0.3) is 0 Å². The van der Waals surface area contributed by atoms with Crippen molar-refractivity contribution >= 4 is 23.3 Å². The van der Waals surface area contributed by atoms with Crippen molar-refractivity contribution in [3.05, 3.63) is 39.8 Å². The van der Waals surface area contributed by atoms with Gasteiger partial charge < -0.3 is 25.6 Å². The Hall–Kier alpha value is -3.62. The molecule has 9 nitrogen and oxygen atoms in total. The van der Waals surface area contributed by atoms with Crippen molar-refractivity contribution < 1.29 is 34.1 Å². The van der Waals surface area contributed by atoms with Crippen LogP contribution in [0.4, 0.5) is 0 Å². The zero-order chi connectivity index (χ0) is 24.8. The predicted octanol–water partition coefficient (Wildman–Crippen LogP) is 1.93. The summed E-state index contributed by atoms with van der Waals surface area (Å²) in [6.07, 6.45) is 1.14. The Morgan fingerprint density at radius 3 is 2.33 bits per heavy atom. The number of nitrogens with one attached hydrogen (secondary N) is 2. The summed E-state index contributed by atoms with van der Waals surface area (Å²) < 4.78 is 5.72. The SMILES string of the molecule is CC(=O)c1c(O)c(C)c(O)c2c1OC1=CC(=O)/C(=C(/C)NCC(=O)NCC(C)C)C(=O)[C@@]12C. The van der Waals surface area contributed by atoms with Gasteiger partial charge in [0.2, 0.25) is 5.91 Å². The van der Waals surface area contributed by atoms with E-state index in [0.717, 1.165) is 6.08 Å². The summed E-state index contributed by atoms with van der Waals surface area (Å²) in [5.74, 6) is -2.82. The van der Waals surface area contributed by atoms with Crippen LogP contribution in [0.2, 0.25) is 0 Å². The Morgan fingerprint density at radius 1 is 1.12 bits per heavy atom. The maximum atomic E-state index is 13.6. The molecular formula is C24H28N2O7. The zero-order valence-electron chi connectivity index (χ0n) is 19.5. The molecule has 0 aromatic heterocycles. The number of allylic oxidation sites excluding steroid dienone is 4. The number of rotatable bonds is 6. The zero-order valence-corrected chi connectivity index (χ0v) is 19.5. The number of carbonyl (C=O) groups excluding carboxylic acids is 4. The normalized spacial score (nSPS) is 20.6. The highest BCUT2D eigenvalue weighted by molar-refractivity contribution is 6.31. The van der Waals surface area contributed by atoms with Gasteiger partial charge in [-0.05, 0) is 33.6 Å². The second kappa shape index (κ2) is 8.38. The maximum absolute atomic E-state index is 13.6. The van der Waals surface area contributed by atoms with Crippen molar-refractivity contribution in [2.75, 3.05) is 13.1 Å². The largest absolute Gasteiger partial charge is 0.507 e. The van der Waals surface area contributed by atoms with Gasteiger partial charge in [-0.1, -0.05) is 13.8 Å². The summed E-state index contributed by atoms with van der Waals surface area (Å²) >= 11 is 0. The minimum absolute atomic E-state index is 0.0201. The molecule has 0 fully saturated rings. The monoisotopic (exact) mass is 456 g/mol. The van der Waals surface area contributed by atoms with Crippen molar-refractivity contribution in [1.82, 2.24) is 10.6 Å². The van der Waals surface area contributed by atoms with Crippen LogP contribution in [-0.4, -0.2) is 46.6 Å². The van der Waals surface area contributed by atoms with Crippen molar-refractivity contribution in [1.29, 1.82) is 0 Å². The summed E-state index contributed by atoms with van der Waals surface area (Å²) in [7, 11) is 0. The van der Waals surface area contributed by atoms with Crippen LogP contribution in [0.1, 0.15) is 56.1 Å². The van der Waals surface area contributed by atoms with E-state index in [9.17, 15) is 29.4 Å². The van der Waals surface area contributed by atoms with E-state index in [1.54, 1.807) is 0 Å². The van der Waals surface area contributed by atoms with Gasteiger partial charge in [0.25, 0.3) is 0 Å². The van der Waals surface area contributed by atoms with Gasteiger partial charge in [-0.25, -0.2) is 0 Å². The first-order valence-corrected chi connectivity index (χ1v) is 10.6. The molecule has 1 aliphatic heterocycles. The Morgan fingerprint density at radius 2 is 1.76 bits per heavy atom. The number of benzene rings is 1. The topological polar surface area (TPSA) is 142 Å². The van der Waals surface area contributed by atoms with E-state index >= 15 is 0 Å². The molecule has 0 saturated heterocycles. The van der Waals surface area contributed by atoms with E-state index < -0.39 is 28.5 Å². The second-order valence-corrected chi connectivity index (χ2v) is 8.94. The first kappa shape index (κ1) is 24.0. The van der Waals surface area contributed by atoms with E-state index in [4.69, 9.17) is 4.74 Å². The summed E-state index contributed by atoms with van der Waals surface area (Å²) in [5, 5.41) is 26.8. The van der Waals surface area contributed by atoms with Crippen molar-refractivity contribution in [3.63, 3.8) is 0 Å². The number of amides is 1. The lowest BCUT2D eigenvalue weighted by Gasteiger charge is -2.29. The maximum Gasteiger partial charge on any atom is 0.239 e. The van der Waals surface area contributed by atoms with Crippen LogP contribution in [-0.2, 0) is 19.8 Å². The van der Waals surface area contributed by atoms with Gasteiger partial charge in [-0.3, -0.25) is 19.2 Å². The van der Waals surface area contributed by atoms with Crippen LogP contribution in [0.3, 0.4) is 0 Å². The molecule has 0 bridgehead atoms. The van der Waals surface area contributed by atoms with E-state index in [1.165, 1.54) is 27.7 Å². The average Bonchev–Trinajstić information content (AvgIpc) is 3.02. The number of aromatic hydroxyl groups is 2. The summed E-state index contributed by atoms with van der Waals surface area (Å²) in [6, 6.07) is 0. The fourth-order valence-electron chi connectivity index (χ4n) is 4.04. The van der Waals surface area contributed by atoms with E-state index in [-0.39, 0.29) is 63.6 Å². The molecule has 9 heteroatoms. The highest BCUT2D eigenvalue weighted by Gasteiger charge is 2.56. The Labute approximate surface area is 191 Å². The fourth-order valence-corrected chi connectivity index (χ4v) is 4.04. The van der Waals surface area contributed by atoms with Gasteiger partial charge in [-0.2, -0.15) is 0 Å². The predicted molar refractivity (Wildman–Crippen MR) is 119 cm³/mol. The van der Waals surface area contributed by atoms with E-state index in [0.29, 0.717) is 6.54 Å². The molecule has 1 amide bonds. The number of phenols is 2. The highest BCUT2D eigenvalue weighted by Crippen LogP contribution is 2.57. The second-order valence-electron chi connectivity index (χ2n) is 8.94. The summed E-state index contributed by atoms with van der Waals surface area (Å²) in [5.41, 5.74) is -1.68. The summed E-state index contributed by atoms with van der Waals surface area (Å²) in [6.45, 7) is 9.93. The third-order valence-electron chi connectivity index (χ3n) is 5.98.